The molecule has 0 aliphatic carbocycles. The molecule has 0 aromatic carbocycles. The van der Waals surface area contributed by atoms with Crippen LogP contribution in [0.25, 0.3) is 0 Å². The Labute approximate surface area is 83.6 Å². The summed E-state index contributed by atoms with van der Waals surface area (Å²) in [5.41, 5.74) is 2.51. The van der Waals surface area contributed by atoms with Crippen LogP contribution in [0.4, 0.5) is 0 Å². The molecule has 0 aromatic heterocycles. The van der Waals surface area contributed by atoms with Crippen molar-refractivity contribution in [3.63, 3.8) is 0 Å². The zero-order valence-corrected chi connectivity index (χ0v) is 9.54. The predicted octanol–water partition coefficient (Wildman–Crippen LogP) is 3.96. The third kappa shape index (κ3) is 6.31. The van der Waals surface area contributed by atoms with Gasteiger partial charge in [0.05, 0.1) is 0 Å². The predicted molar refractivity (Wildman–Crippen MR) is 65.8 cm³/mol. The average molecular weight is 192 g/mol. The smallest absolute Gasteiger partial charge is 0.0388 e. The second kappa shape index (κ2) is 7.76. The van der Waals surface area contributed by atoms with Crippen molar-refractivity contribution in [2.75, 3.05) is 0 Å². The van der Waals surface area contributed by atoms with E-state index in [1.54, 1.807) is 0 Å². The maximum absolute atomic E-state index is 3.35. The molecule has 0 aliphatic rings. The van der Waals surface area contributed by atoms with Crippen LogP contribution in [0.3, 0.4) is 0 Å². The van der Waals surface area contributed by atoms with Crippen molar-refractivity contribution < 1.29 is 0 Å². The van der Waals surface area contributed by atoms with Crippen LogP contribution < -0.4 is 0 Å². The molecular formula is C12H17P. The van der Waals surface area contributed by atoms with Crippen LogP contribution in [0.2, 0.25) is 0 Å². The quantitative estimate of drug-likeness (QED) is 0.467. The lowest BCUT2D eigenvalue weighted by atomic mass is 10.1. The van der Waals surface area contributed by atoms with Gasteiger partial charge in [0.15, 0.2) is 0 Å². The van der Waals surface area contributed by atoms with Gasteiger partial charge >= 0.3 is 0 Å². The fraction of sp³-hybridized carbons (Fsp3) is 0.250. The van der Waals surface area contributed by atoms with Crippen LogP contribution in [-0.4, -0.2) is 5.80 Å². The van der Waals surface area contributed by atoms with Gasteiger partial charge in [-0.05, 0) is 37.7 Å². The molecule has 13 heavy (non-hydrogen) atoms. The van der Waals surface area contributed by atoms with Gasteiger partial charge in [0, 0.05) is 0 Å². The molecule has 0 spiro atoms. The van der Waals surface area contributed by atoms with E-state index in [2.05, 4.69) is 28.8 Å². The molecule has 0 aromatic rings. The summed E-state index contributed by atoms with van der Waals surface area (Å²) in [6.45, 7) is 6.16. The second-order valence-electron chi connectivity index (χ2n) is 2.78. The zero-order chi connectivity index (χ0) is 10.1. The Morgan fingerprint density at radius 1 is 0.923 bits per heavy atom. The van der Waals surface area contributed by atoms with E-state index in [4.69, 9.17) is 0 Å². The van der Waals surface area contributed by atoms with Crippen molar-refractivity contribution in [1.82, 2.24) is 0 Å². The van der Waals surface area contributed by atoms with Crippen LogP contribution in [0.5, 0.6) is 0 Å². The second-order valence-corrected chi connectivity index (χ2v) is 3.07. The lowest BCUT2D eigenvalue weighted by Gasteiger charge is -1.93. The largest absolute Gasteiger partial charge is 0.122 e. The van der Waals surface area contributed by atoms with E-state index in [1.165, 1.54) is 11.1 Å². The molecule has 0 nitrogen and oxygen atoms in total. The molecular weight excluding hydrogens is 175 g/mol. The van der Waals surface area contributed by atoms with Gasteiger partial charge < -0.3 is 0 Å². The number of rotatable bonds is 4. The van der Waals surface area contributed by atoms with Gasteiger partial charge in [-0.25, -0.2) is 0 Å². The molecule has 0 heterocycles. The Bertz CT molecular complexity index is 265. The maximum Gasteiger partial charge on any atom is -0.0388 e. The molecule has 0 atom stereocenters. The van der Waals surface area contributed by atoms with Crippen molar-refractivity contribution in [2.45, 2.75) is 20.8 Å². The number of hydrogen-bond donors (Lipinski definition) is 0. The summed E-state index contributed by atoms with van der Waals surface area (Å²) in [5, 5.41) is 0. The zero-order valence-electron chi connectivity index (χ0n) is 8.54. The Kier molecular flexibility index (Phi) is 7.24. The van der Waals surface area contributed by atoms with E-state index in [0.717, 1.165) is 0 Å². The van der Waals surface area contributed by atoms with Gasteiger partial charge in [0.2, 0.25) is 0 Å². The van der Waals surface area contributed by atoms with Gasteiger partial charge in [0.1, 0.15) is 0 Å². The van der Waals surface area contributed by atoms with Crippen molar-refractivity contribution in [1.29, 1.82) is 0 Å². The highest BCUT2D eigenvalue weighted by Gasteiger charge is 1.84. The summed E-state index contributed by atoms with van der Waals surface area (Å²) in [5.74, 6) is 1.93. The first kappa shape index (κ1) is 12.1. The van der Waals surface area contributed by atoms with Gasteiger partial charge in [-0.15, -0.1) is 8.86 Å². The molecule has 0 radical (unpaired) electrons. The summed E-state index contributed by atoms with van der Waals surface area (Å²) >= 11 is 0. The molecule has 0 amide bonds. The van der Waals surface area contributed by atoms with Crippen LogP contribution in [0, 0.1) is 0 Å². The number of allylic oxidation sites excluding steroid dienone is 8. The highest BCUT2D eigenvalue weighted by atomic mass is 31.0. The highest BCUT2D eigenvalue weighted by Crippen LogP contribution is 2.02. The van der Waals surface area contributed by atoms with Gasteiger partial charge in [-0.1, -0.05) is 36.5 Å². The van der Waals surface area contributed by atoms with Crippen LogP contribution in [0.15, 0.2) is 47.6 Å². The van der Waals surface area contributed by atoms with Crippen molar-refractivity contribution in [2.24, 2.45) is 0 Å². The third-order valence-corrected chi connectivity index (χ3v) is 2.14. The van der Waals surface area contributed by atoms with Gasteiger partial charge in [-0.3, -0.25) is 0 Å². The van der Waals surface area contributed by atoms with Crippen LogP contribution in [0.1, 0.15) is 20.8 Å². The topological polar surface area (TPSA) is 0 Å². The van der Waals surface area contributed by atoms with E-state index < -0.39 is 0 Å². The van der Waals surface area contributed by atoms with Crippen molar-refractivity contribution >= 4 is 14.7 Å². The molecule has 0 unspecified atom stereocenters. The highest BCUT2D eigenvalue weighted by molar-refractivity contribution is 7.19. The SMILES string of the molecule is C\C=C/C=C\C=C/C(C)=C(\C)C=P. The summed E-state index contributed by atoms with van der Waals surface area (Å²) in [4.78, 5) is 0. The monoisotopic (exact) mass is 192 g/mol. The molecule has 1 heteroatoms. The lowest BCUT2D eigenvalue weighted by molar-refractivity contribution is 1.43. The standard InChI is InChI=1S/C12H17P/c1-4-5-6-7-8-9-11(2)12(3)10-13/h4-10,13H,1-3H3/b5-4-,7-6-,9-8-,12-11+. The summed E-state index contributed by atoms with van der Waals surface area (Å²) in [7, 11) is 3.35. The van der Waals surface area contributed by atoms with Gasteiger partial charge in [0.25, 0.3) is 0 Å². The molecule has 0 bridgehead atoms. The summed E-state index contributed by atoms with van der Waals surface area (Å²) < 4.78 is 0. The summed E-state index contributed by atoms with van der Waals surface area (Å²) in [6.07, 6.45) is 12.2. The molecule has 0 aliphatic heterocycles. The molecule has 0 fully saturated rings. The molecule has 70 valence electrons. The third-order valence-electron chi connectivity index (χ3n) is 1.71. The normalized spacial score (nSPS) is 14.4. The lowest BCUT2D eigenvalue weighted by Crippen LogP contribution is -1.78. The molecule has 0 saturated heterocycles. The van der Waals surface area contributed by atoms with Crippen LogP contribution in [-0.2, 0) is 0 Å². The Morgan fingerprint density at radius 3 is 2.08 bits per heavy atom. The van der Waals surface area contributed by atoms with E-state index in [0.29, 0.717) is 0 Å². The Balaban J connectivity index is 4.20. The first-order chi connectivity index (χ1) is 6.22. The molecule has 0 N–H and O–H groups in total. The minimum Gasteiger partial charge on any atom is -0.122 e. The fourth-order valence-corrected chi connectivity index (χ4v) is 0.912. The summed E-state index contributed by atoms with van der Waals surface area (Å²) in [6, 6.07) is 0. The Morgan fingerprint density at radius 2 is 1.54 bits per heavy atom. The van der Waals surface area contributed by atoms with E-state index in [-0.39, 0.29) is 0 Å². The first-order valence-electron chi connectivity index (χ1n) is 4.36. The maximum atomic E-state index is 3.35. The first-order valence-corrected chi connectivity index (χ1v) is 4.94. The van der Waals surface area contributed by atoms with Crippen molar-refractivity contribution in [3.05, 3.63) is 47.6 Å². The number of hydrogen-bond acceptors (Lipinski definition) is 0. The van der Waals surface area contributed by atoms with E-state index in [1.807, 2.05) is 43.1 Å². The minimum absolute atomic E-state index is 1.24. The van der Waals surface area contributed by atoms with Crippen LogP contribution >= 0.6 is 8.86 Å². The Hall–Kier alpha value is -0.870. The average Bonchev–Trinajstić information content (AvgIpc) is 2.16. The molecule has 0 saturated carbocycles. The molecule has 0 rings (SSSR count). The van der Waals surface area contributed by atoms with E-state index >= 15 is 0 Å². The fourth-order valence-electron chi connectivity index (χ4n) is 0.685. The van der Waals surface area contributed by atoms with E-state index in [9.17, 15) is 0 Å². The minimum atomic E-state index is 1.24. The van der Waals surface area contributed by atoms with Crippen molar-refractivity contribution in [3.8, 4) is 0 Å². The van der Waals surface area contributed by atoms with Gasteiger partial charge in [-0.2, -0.15) is 0 Å².